The molecule has 0 bridgehead atoms. The minimum atomic E-state index is -0.727. The molecular weight excluding hydrogens is 240 g/mol. The van der Waals surface area contributed by atoms with E-state index in [4.69, 9.17) is 4.74 Å². The molecule has 2 atom stereocenters. The highest BCUT2D eigenvalue weighted by Crippen LogP contribution is 2.44. The van der Waals surface area contributed by atoms with Gasteiger partial charge in [-0.15, -0.1) is 0 Å². The van der Waals surface area contributed by atoms with Gasteiger partial charge < -0.3 is 9.84 Å². The Bertz CT molecular complexity index is 491. The summed E-state index contributed by atoms with van der Waals surface area (Å²) in [6, 6.07) is 4.05. The molecule has 19 heavy (non-hydrogen) atoms. The van der Waals surface area contributed by atoms with Gasteiger partial charge in [0.25, 0.3) is 0 Å². The average molecular weight is 262 g/mol. The molecule has 0 amide bonds. The SMILES string of the molecule is COc1cc2c(cc1C)[C@H](C(C)C)CC[C@H]2C(=O)O. The van der Waals surface area contributed by atoms with Crippen molar-refractivity contribution in [3.63, 3.8) is 0 Å². The van der Waals surface area contributed by atoms with Crippen molar-refractivity contribution in [1.82, 2.24) is 0 Å². The Kier molecular flexibility index (Phi) is 3.83. The van der Waals surface area contributed by atoms with Gasteiger partial charge in [-0.1, -0.05) is 19.9 Å². The topological polar surface area (TPSA) is 46.5 Å². The van der Waals surface area contributed by atoms with E-state index in [1.165, 1.54) is 5.56 Å². The highest BCUT2D eigenvalue weighted by atomic mass is 16.5. The fourth-order valence-electron chi connectivity index (χ4n) is 3.18. The van der Waals surface area contributed by atoms with Gasteiger partial charge >= 0.3 is 5.97 Å². The van der Waals surface area contributed by atoms with Gasteiger partial charge in [0, 0.05) is 0 Å². The Labute approximate surface area is 114 Å². The number of rotatable bonds is 3. The monoisotopic (exact) mass is 262 g/mol. The molecule has 0 heterocycles. The summed E-state index contributed by atoms with van der Waals surface area (Å²) in [5.74, 6) is 0.653. The first kappa shape index (κ1) is 13.9. The zero-order chi connectivity index (χ0) is 14.2. The second-order valence-corrected chi connectivity index (χ2v) is 5.77. The molecule has 1 N–H and O–H groups in total. The predicted octanol–water partition coefficient (Wildman–Crippen LogP) is 3.71. The van der Waals surface area contributed by atoms with Crippen LogP contribution in [0.25, 0.3) is 0 Å². The van der Waals surface area contributed by atoms with Crippen LogP contribution < -0.4 is 4.74 Å². The fraction of sp³-hybridized carbons (Fsp3) is 0.562. The Morgan fingerprint density at radius 3 is 2.53 bits per heavy atom. The van der Waals surface area contributed by atoms with E-state index in [2.05, 4.69) is 19.9 Å². The number of carboxylic acids is 1. The minimum Gasteiger partial charge on any atom is -0.496 e. The number of benzene rings is 1. The third-order valence-corrected chi connectivity index (χ3v) is 4.24. The third-order valence-electron chi connectivity index (χ3n) is 4.24. The van der Waals surface area contributed by atoms with E-state index in [0.717, 1.165) is 29.7 Å². The Morgan fingerprint density at radius 2 is 2.00 bits per heavy atom. The highest BCUT2D eigenvalue weighted by Gasteiger charge is 2.33. The molecule has 0 unspecified atom stereocenters. The van der Waals surface area contributed by atoms with Gasteiger partial charge in [0.2, 0.25) is 0 Å². The Morgan fingerprint density at radius 1 is 1.32 bits per heavy atom. The molecule has 1 aliphatic rings. The van der Waals surface area contributed by atoms with Crippen LogP contribution >= 0.6 is 0 Å². The van der Waals surface area contributed by atoms with E-state index in [1.807, 2.05) is 13.0 Å². The summed E-state index contributed by atoms with van der Waals surface area (Å²) >= 11 is 0. The van der Waals surface area contributed by atoms with Crippen molar-refractivity contribution in [2.45, 2.75) is 45.4 Å². The molecule has 0 spiro atoms. The van der Waals surface area contributed by atoms with E-state index < -0.39 is 5.97 Å². The molecule has 104 valence electrons. The maximum Gasteiger partial charge on any atom is 0.310 e. The molecule has 0 saturated carbocycles. The van der Waals surface area contributed by atoms with Crippen LogP contribution in [0.2, 0.25) is 0 Å². The third kappa shape index (κ3) is 2.46. The van der Waals surface area contributed by atoms with Crippen LogP contribution in [-0.4, -0.2) is 18.2 Å². The second-order valence-electron chi connectivity index (χ2n) is 5.77. The maximum atomic E-state index is 11.4. The molecular formula is C16H22O3. The number of aliphatic carboxylic acids is 1. The van der Waals surface area contributed by atoms with E-state index >= 15 is 0 Å². The summed E-state index contributed by atoms with van der Waals surface area (Å²) in [7, 11) is 1.63. The quantitative estimate of drug-likeness (QED) is 0.903. The van der Waals surface area contributed by atoms with Gasteiger partial charge in [0.1, 0.15) is 5.75 Å². The molecule has 0 aliphatic heterocycles. The van der Waals surface area contributed by atoms with Gasteiger partial charge in [-0.2, -0.15) is 0 Å². The summed E-state index contributed by atoms with van der Waals surface area (Å²) < 4.78 is 5.34. The lowest BCUT2D eigenvalue weighted by Gasteiger charge is -2.32. The van der Waals surface area contributed by atoms with E-state index in [9.17, 15) is 9.90 Å². The van der Waals surface area contributed by atoms with Crippen molar-refractivity contribution >= 4 is 5.97 Å². The van der Waals surface area contributed by atoms with Crippen LogP contribution in [-0.2, 0) is 4.79 Å². The first-order valence-corrected chi connectivity index (χ1v) is 6.87. The minimum absolute atomic E-state index is 0.389. The van der Waals surface area contributed by atoms with Crippen LogP contribution in [0.5, 0.6) is 5.75 Å². The predicted molar refractivity (Wildman–Crippen MR) is 74.9 cm³/mol. The largest absolute Gasteiger partial charge is 0.496 e. The summed E-state index contributed by atoms with van der Waals surface area (Å²) in [4.78, 5) is 11.4. The molecule has 1 aliphatic carbocycles. The number of fused-ring (bicyclic) bond motifs is 1. The van der Waals surface area contributed by atoms with Crippen LogP contribution in [0.4, 0.5) is 0 Å². The van der Waals surface area contributed by atoms with E-state index in [1.54, 1.807) is 7.11 Å². The second kappa shape index (κ2) is 5.24. The summed E-state index contributed by atoms with van der Waals surface area (Å²) in [5, 5.41) is 9.40. The van der Waals surface area contributed by atoms with Crippen molar-refractivity contribution in [3.8, 4) is 5.75 Å². The van der Waals surface area contributed by atoms with Crippen molar-refractivity contribution < 1.29 is 14.6 Å². The molecule has 0 radical (unpaired) electrons. The first-order valence-electron chi connectivity index (χ1n) is 6.87. The molecule has 0 fully saturated rings. The standard InChI is InChI=1S/C16H22O3/c1-9(2)11-5-6-12(16(17)18)14-8-15(19-4)10(3)7-13(11)14/h7-9,11-12H,5-6H2,1-4H3,(H,17,18)/t11-,12+/m0/s1. The number of hydrogen-bond acceptors (Lipinski definition) is 2. The Hall–Kier alpha value is -1.51. The zero-order valence-electron chi connectivity index (χ0n) is 12.1. The van der Waals surface area contributed by atoms with Gasteiger partial charge in [0.15, 0.2) is 0 Å². The lowest BCUT2D eigenvalue weighted by atomic mass is 9.72. The number of aryl methyl sites for hydroxylation is 1. The zero-order valence-corrected chi connectivity index (χ0v) is 12.1. The van der Waals surface area contributed by atoms with Gasteiger partial charge in [-0.05, 0) is 54.4 Å². The molecule has 0 saturated heterocycles. The van der Waals surface area contributed by atoms with E-state index in [0.29, 0.717) is 11.8 Å². The number of hydrogen-bond donors (Lipinski definition) is 1. The lowest BCUT2D eigenvalue weighted by molar-refractivity contribution is -0.139. The molecule has 0 aromatic heterocycles. The number of carbonyl (C=O) groups is 1. The van der Waals surface area contributed by atoms with Crippen LogP contribution in [0.3, 0.4) is 0 Å². The molecule has 3 nitrogen and oxygen atoms in total. The van der Waals surface area contributed by atoms with Crippen molar-refractivity contribution in [3.05, 3.63) is 28.8 Å². The lowest BCUT2D eigenvalue weighted by Crippen LogP contribution is -2.23. The highest BCUT2D eigenvalue weighted by molar-refractivity contribution is 5.77. The summed E-state index contributed by atoms with van der Waals surface area (Å²) in [6.07, 6.45) is 1.67. The molecule has 1 aromatic carbocycles. The van der Waals surface area contributed by atoms with Crippen molar-refractivity contribution in [1.29, 1.82) is 0 Å². The Balaban J connectivity index is 2.57. The van der Waals surface area contributed by atoms with Gasteiger partial charge in [-0.25, -0.2) is 0 Å². The van der Waals surface area contributed by atoms with Crippen molar-refractivity contribution in [2.75, 3.05) is 7.11 Å². The van der Waals surface area contributed by atoms with Gasteiger partial charge in [0.05, 0.1) is 13.0 Å². The van der Waals surface area contributed by atoms with Crippen molar-refractivity contribution in [2.24, 2.45) is 5.92 Å². The summed E-state index contributed by atoms with van der Waals surface area (Å²) in [6.45, 7) is 6.42. The van der Waals surface area contributed by atoms with E-state index in [-0.39, 0.29) is 5.92 Å². The maximum absolute atomic E-state index is 11.4. The molecule has 2 rings (SSSR count). The summed E-state index contributed by atoms with van der Waals surface area (Å²) in [5.41, 5.74) is 3.23. The first-order chi connectivity index (χ1) is 8.95. The van der Waals surface area contributed by atoms with Crippen LogP contribution in [0.15, 0.2) is 12.1 Å². The number of methoxy groups -OCH3 is 1. The number of carboxylic acid groups (broad SMARTS) is 1. The molecule has 1 aromatic rings. The fourth-order valence-corrected chi connectivity index (χ4v) is 3.18. The van der Waals surface area contributed by atoms with Gasteiger partial charge in [-0.3, -0.25) is 4.79 Å². The normalized spacial score (nSPS) is 22.2. The molecule has 3 heteroatoms. The number of ether oxygens (including phenoxy) is 1. The van der Waals surface area contributed by atoms with Crippen LogP contribution in [0.1, 0.15) is 55.2 Å². The van der Waals surface area contributed by atoms with Crippen LogP contribution in [0, 0.1) is 12.8 Å². The smallest absolute Gasteiger partial charge is 0.310 e. The average Bonchev–Trinajstić information content (AvgIpc) is 2.35.